The van der Waals surface area contributed by atoms with Crippen molar-refractivity contribution in [3.05, 3.63) is 45.5 Å². The second-order valence-electron chi connectivity index (χ2n) is 9.28. The van der Waals surface area contributed by atoms with Crippen LogP contribution in [0.2, 0.25) is 0 Å². The number of ether oxygens (including phenoxy) is 1. The third-order valence-corrected chi connectivity index (χ3v) is 8.45. The molecule has 37 heavy (non-hydrogen) atoms. The molecule has 1 atom stereocenters. The second-order valence-corrected chi connectivity index (χ2v) is 10.4. The summed E-state index contributed by atoms with van der Waals surface area (Å²) in [7, 11) is 3.56. The van der Waals surface area contributed by atoms with Crippen LogP contribution in [0.5, 0.6) is 6.01 Å². The fraction of sp³-hybridized carbons (Fsp3) is 0.400. The third kappa shape index (κ3) is 3.60. The minimum atomic E-state index is -0.360. The summed E-state index contributed by atoms with van der Waals surface area (Å²) in [6.45, 7) is 6.43. The Morgan fingerprint density at radius 2 is 1.97 bits per heavy atom. The standard InChI is InChI=1S/C25H28N10OS/c1-5-35(14(2)15-7-6-8-30-20(15)28)23-17(10-27)22(31-24(32-23)36-4)34-12-25(13-34)19-16(9-26)21(29)37-18(19)11-33(25)3/h6-8,14H,5,11-13,29H2,1-4H3,(H2,28,30). The van der Waals surface area contributed by atoms with E-state index in [9.17, 15) is 10.5 Å². The average molecular weight is 517 g/mol. The number of pyridine rings is 1. The normalized spacial score (nSPS) is 16.5. The lowest BCUT2D eigenvalue weighted by Crippen LogP contribution is -2.65. The lowest BCUT2D eigenvalue weighted by molar-refractivity contribution is 0.0992. The molecular weight excluding hydrogens is 488 g/mol. The summed E-state index contributed by atoms with van der Waals surface area (Å²) < 4.78 is 5.46. The maximum Gasteiger partial charge on any atom is 0.320 e. The number of fused-ring (bicyclic) bond motifs is 2. The summed E-state index contributed by atoms with van der Waals surface area (Å²) >= 11 is 1.48. The van der Waals surface area contributed by atoms with Gasteiger partial charge in [-0.25, -0.2) is 4.98 Å². The number of nitriles is 2. The van der Waals surface area contributed by atoms with Crippen molar-refractivity contribution in [1.82, 2.24) is 19.9 Å². The second kappa shape index (κ2) is 9.07. The van der Waals surface area contributed by atoms with Crippen LogP contribution in [-0.2, 0) is 12.1 Å². The van der Waals surface area contributed by atoms with Gasteiger partial charge >= 0.3 is 6.01 Å². The van der Waals surface area contributed by atoms with E-state index in [1.165, 1.54) is 18.4 Å². The van der Waals surface area contributed by atoms with Crippen LogP contribution >= 0.6 is 11.3 Å². The van der Waals surface area contributed by atoms with Gasteiger partial charge in [0.2, 0.25) is 0 Å². The quantitative estimate of drug-likeness (QED) is 0.496. The van der Waals surface area contributed by atoms with Crippen LogP contribution in [0.1, 0.15) is 47.0 Å². The van der Waals surface area contributed by atoms with Gasteiger partial charge in [0.15, 0.2) is 11.6 Å². The lowest BCUT2D eigenvalue weighted by Gasteiger charge is -2.53. The lowest BCUT2D eigenvalue weighted by atomic mass is 9.81. The molecule has 0 bridgehead atoms. The van der Waals surface area contributed by atoms with Crippen LogP contribution in [0.15, 0.2) is 18.3 Å². The van der Waals surface area contributed by atoms with Crippen molar-refractivity contribution in [3.63, 3.8) is 0 Å². The van der Waals surface area contributed by atoms with Gasteiger partial charge in [-0.05, 0) is 27.0 Å². The van der Waals surface area contributed by atoms with E-state index in [2.05, 4.69) is 39.0 Å². The average Bonchev–Trinajstić information content (AvgIpc) is 3.33. The summed E-state index contributed by atoms with van der Waals surface area (Å²) in [6, 6.07) is 8.38. The van der Waals surface area contributed by atoms with Gasteiger partial charge in [-0.15, -0.1) is 11.3 Å². The van der Waals surface area contributed by atoms with E-state index in [1.54, 1.807) is 6.20 Å². The first-order chi connectivity index (χ1) is 17.8. The van der Waals surface area contributed by atoms with Crippen molar-refractivity contribution in [3.8, 4) is 18.1 Å². The van der Waals surface area contributed by atoms with Gasteiger partial charge in [0.05, 0.1) is 24.3 Å². The SMILES string of the molecule is CCN(c1nc(OC)nc(N2CC3(C2)c2c(sc(N)c2C#N)CN3C)c1C#N)C(C)c1cccnc1N. The highest BCUT2D eigenvalue weighted by Crippen LogP contribution is 2.52. The summed E-state index contributed by atoms with van der Waals surface area (Å²) in [5, 5.41) is 20.6. The first kappa shape index (κ1) is 24.6. The molecule has 1 saturated heterocycles. The van der Waals surface area contributed by atoms with Gasteiger partial charge in [-0.2, -0.15) is 20.5 Å². The molecule has 2 aliphatic rings. The molecule has 11 nitrogen and oxygen atoms in total. The van der Waals surface area contributed by atoms with Crippen molar-refractivity contribution in [2.75, 3.05) is 55.1 Å². The molecule has 5 rings (SSSR count). The van der Waals surface area contributed by atoms with Crippen molar-refractivity contribution in [1.29, 1.82) is 10.5 Å². The Morgan fingerprint density at radius 1 is 1.24 bits per heavy atom. The maximum absolute atomic E-state index is 10.3. The molecule has 3 aromatic rings. The van der Waals surface area contributed by atoms with Crippen molar-refractivity contribution in [2.45, 2.75) is 32.0 Å². The molecule has 1 unspecified atom stereocenters. The predicted octanol–water partition coefficient (Wildman–Crippen LogP) is 2.60. The zero-order chi connectivity index (χ0) is 26.5. The highest BCUT2D eigenvalue weighted by atomic mass is 32.1. The number of rotatable bonds is 6. The van der Waals surface area contributed by atoms with Crippen LogP contribution in [0.3, 0.4) is 0 Å². The molecule has 0 aliphatic carbocycles. The number of nitrogen functional groups attached to an aromatic ring is 2. The Bertz CT molecular complexity index is 1450. The Hall–Kier alpha value is -4.13. The van der Waals surface area contributed by atoms with Crippen molar-refractivity contribution < 1.29 is 4.74 Å². The number of hydrogen-bond donors (Lipinski definition) is 2. The summed E-state index contributed by atoms with van der Waals surface area (Å²) in [4.78, 5) is 20.8. The van der Waals surface area contributed by atoms with Crippen molar-refractivity contribution >= 4 is 33.8 Å². The number of likely N-dealkylation sites (N-methyl/N-ethyl adjacent to an activating group) is 1. The van der Waals surface area contributed by atoms with E-state index >= 15 is 0 Å². The van der Waals surface area contributed by atoms with Crippen LogP contribution in [0.4, 0.5) is 22.5 Å². The molecule has 4 N–H and O–H groups in total. The van der Waals surface area contributed by atoms with Gasteiger partial charge < -0.3 is 26.0 Å². The largest absolute Gasteiger partial charge is 0.467 e. The van der Waals surface area contributed by atoms with E-state index in [4.69, 9.17) is 16.2 Å². The molecule has 0 saturated carbocycles. The molecule has 2 aliphatic heterocycles. The fourth-order valence-corrected chi connectivity index (χ4v) is 6.68. The summed E-state index contributed by atoms with van der Waals surface area (Å²) in [6.07, 6.45) is 1.65. The fourth-order valence-electron chi connectivity index (χ4n) is 5.51. The number of methoxy groups -OCH3 is 1. The Labute approximate surface area is 219 Å². The first-order valence-electron chi connectivity index (χ1n) is 11.9. The number of anilines is 4. The van der Waals surface area contributed by atoms with Gasteiger partial charge in [0.25, 0.3) is 0 Å². The number of nitrogens with two attached hydrogens (primary N) is 2. The Balaban J connectivity index is 1.55. The van der Waals surface area contributed by atoms with Gasteiger partial charge in [0.1, 0.15) is 28.5 Å². The number of nitrogens with zero attached hydrogens (tertiary/aromatic N) is 8. The molecular formula is C25H28N10OS. The van der Waals surface area contributed by atoms with Crippen molar-refractivity contribution in [2.24, 2.45) is 0 Å². The minimum absolute atomic E-state index is 0.174. The number of hydrogen-bond acceptors (Lipinski definition) is 12. The Kier molecular flexibility index (Phi) is 6.02. The highest BCUT2D eigenvalue weighted by molar-refractivity contribution is 7.16. The Morgan fingerprint density at radius 3 is 2.59 bits per heavy atom. The molecule has 1 spiro atoms. The summed E-state index contributed by atoms with van der Waals surface area (Å²) in [5.74, 6) is 1.41. The zero-order valence-corrected chi connectivity index (χ0v) is 22.0. The van der Waals surface area contributed by atoms with E-state index < -0.39 is 0 Å². The van der Waals surface area contributed by atoms with Gasteiger partial charge in [-0.1, -0.05) is 6.07 Å². The molecule has 5 heterocycles. The van der Waals surface area contributed by atoms with E-state index in [0.29, 0.717) is 53.2 Å². The topological polar surface area (TPSA) is 157 Å². The van der Waals surface area contributed by atoms with E-state index in [1.807, 2.05) is 35.8 Å². The van der Waals surface area contributed by atoms with E-state index in [0.717, 1.165) is 22.5 Å². The number of aromatic nitrogens is 3. The minimum Gasteiger partial charge on any atom is -0.467 e. The molecule has 190 valence electrons. The van der Waals surface area contributed by atoms with Crippen LogP contribution < -0.4 is 26.0 Å². The molecule has 0 amide bonds. The molecule has 3 aromatic heterocycles. The first-order valence-corrected chi connectivity index (χ1v) is 12.7. The van der Waals surface area contributed by atoms with Crippen LogP contribution in [0.25, 0.3) is 0 Å². The van der Waals surface area contributed by atoms with Gasteiger partial charge in [0, 0.05) is 48.4 Å². The molecule has 1 fully saturated rings. The molecule has 0 radical (unpaired) electrons. The molecule has 0 aromatic carbocycles. The predicted molar refractivity (Wildman–Crippen MR) is 142 cm³/mol. The van der Waals surface area contributed by atoms with Crippen LogP contribution in [0, 0.1) is 22.7 Å². The monoisotopic (exact) mass is 516 g/mol. The third-order valence-electron chi connectivity index (χ3n) is 7.45. The van der Waals surface area contributed by atoms with Gasteiger partial charge in [-0.3, -0.25) is 4.90 Å². The van der Waals surface area contributed by atoms with E-state index in [-0.39, 0.29) is 17.6 Å². The zero-order valence-electron chi connectivity index (χ0n) is 21.2. The smallest absolute Gasteiger partial charge is 0.320 e. The highest BCUT2D eigenvalue weighted by Gasteiger charge is 2.55. The number of thiophene rings is 1. The summed E-state index contributed by atoms with van der Waals surface area (Å²) in [5.41, 5.74) is 14.7. The van der Waals surface area contributed by atoms with Crippen LogP contribution in [-0.4, -0.2) is 53.6 Å². The molecule has 12 heteroatoms. The maximum atomic E-state index is 10.3.